The lowest BCUT2D eigenvalue weighted by atomic mass is 10.0. The molecule has 2 nitrogen and oxygen atoms in total. The summed E-state index contributed by atoms with van der Waals surface area (Å²) in [5.74, 6) is 1.47. The summed E-state index contributed by atoms with van der Waals surface area (Å²) in [6, 6.07) is 8.12. The second-order valence-electron chi connectivity index (χ2n) is 5.09. The fourth-order valence-corrected chi connectivity index (χ4v) is 1.90. The van der Waals surface area contributed by atoms with Crippen LogP contribution in [0.25, 0.3) is 0 Å². The quantitative estimate of drug-likeness (QED) is 0.826. The van der Waals surface area contributed by atoms with E-state index in [1.54, 1.807) is 0 Å². The Balaban J connectivity index is 2.04. The van der Waals surface area contributed by atoms with E-state index >= 15 is 0 Å². The first-order valence-corrected chi connectivity index (χ1v) is 5.98. The molecule has 86 valence electrons. The summed E-state index contributed by atoms with van der Waals surface area (Å²) in [6.45, 7) is 6.43. The molecule has 0 bridgehead atoms. The summed E-state index contributed by atoms with van der Waals surface area (Å²) < 4.78 is 0. The van der Waals surface area contributed by atoms with Gasteiger partial charge in [0.2, 0.25) is 5.91 Å². The van der Waals surface area contributed by atoms with Gasteiger partial charge in [-0.25, -0.2) is 0 Å². The lowest BCUT2D eigenvalue weighted by molar-refractivity contribution is -0.117. The minimum Gasteiger partial charge on any atom is -0.326 e. The zero-order chi connectivity index (χ0) is 11.7. The predicted octanol–water partition coefficient (Wildman–Crippen LogP) is 3.40. The van der Waals surface area contributed by atoms with Crippen molar-refractivity contribution in [3.8, 4) is 0 Å². The largest absolute Gasteiger partial charge is 0.326 e. The van der Waals surface area contributed by atoms with Gasteiger partial charge in [0.1, 0.15) is 0 Å². The van der Waals surface area contributed by atoms with E-state index in [2.05, 4.69) is 38.2 Å². The Morgan fingerprint density at radius 3 is 2.69 bits per heavy atom. The molecule has 0 saturated heterocycles. The normalized spacial score (nSPS) is 23.2. The van der Waals surface area contributed by atoms with Crippen LogP contribution in [0.15, 0.2) is 24.3 Å². The molecular weight excluding hydrogens is 198 g/mol. The number of anilines is 1. The van der Waals surface area contributed by atoms with Crippen molar-refractivity contribution < 1.29 is 4.79 Å². The highest BCUT2D eigenvalue weighted by atomic mass is 16.2. The van der Waals surface area contributed by atoms with Gasteiger partial charge in [0.05, 0.1) is 0 Å². The first-order chi connectivity index (χ1) is 7.58. The van der Waals surface area contributed by atoms with Crippen LogP contribution in [0.5, 0.6) is 0 Å². The van der Waals surface area contributed by atoms with Gasteiger partial charge in [-0.05, 0) is 36.0 Å². The maximum absolute atomic E-state index is 11.8. The van der Waals surface area contributed by atoms with E-state index in [4.69, 9.17) is 0 Å². The summed E-state index contributed by atoms with van der Waals surface area (Å²) in [6.07, 6.45) is 1.04. The van der Waals surface area contributed by atoms with E-state index < -0.39 is 0 Å². The molecule has 1 aromatic carbocycles. The van der Waals surface area contributed by atoms with Gasteiger partial charge in [0, 0.05) is 11.6 Å². The number of nitrogens with one attached hydrogen (secondary N) is 1. The van der Waals surface area contributed by atoms with E-state index in [1.807, 2.05) is 12.1 Å². The Bertz CT molecular complexity index is 397. The molecule has 1 N–H and O–H groups in total. The van der Waals surface area contributed by atoms with Crippen molar-refractivity contribution in [2.75, 3.05) is 5.32 Å². The van der Waals surface area contributed by atoms with E-state index in [0.29, 0.717) is 11.8 Å². The van der Waals surface area contributed by atoms with Crippen LogP contribution in [-0.4, -0.2) is 5.91 Å². The zero-order valence-corrected chi connectivity index (χ0v) is 10.2. The van der Waals surface area contributed by atoms with Crippen molar-refractivity contribution in [3.63, 3.8) is 0 Å². The van der Waals surface area contributed by atoms with Gasteiger partial charge in [-0.1, -0.05) is 32.9 Å². The average Bonchev–Trinajstić information content (AvgIpc) is 2.96. The predicted molar refractivity (Wildman–Crippen MR) is 66.4 cm³/mol. The second-order valence-corrected chi connectivity index (χ2v) is 5.09. The standard InChI is InChI=1S/C14H19NO/c1-9(2)11-5-4-6-12(8-11)15-14(16)13-7-10(13)3/h4-6,8-10,13H,7H2,1-3H3,(H,15,16). The highest BCUT2D eigenvalue weighted by Crippen LogP contribution is 2.38. The molecule has 1 aliphatic carbocycles. The van der Waals surface area contributed by atoms with Crippen LogP contribution in [-0.2, 0) is 4.79 Å². The first-order valence-electron chi connectivity index (χ1n) is 5.98. The minimum atomic E-state index is 0.174. The number of carbonyl (C=O) groups excluding carboxylic acids is 1. The van der Waals surface area contributed by atoms with Gasteiger partial charge < -0.3 is 5.32 Å². The van der Waals surface area contributed by atoms with Gasteiger partial charge in [0.15, 0.2) is 0 Å². The molecule has 2 rings (SSSR count). The molecule has 2 unspecified atom stereocenters. The van der Waals surface area contributed by atoms with Crippen molar-refractivity contribution in [2.24, 2.45) is 11.8 Å². The third-order valence-corrected chi connectivity index (χ3v) is 3.27. The Labute approximate surface area is 97.1 Å². The number of benzene rings is 1. The molecule has 1 aromatic rings. The van der Waals surface area contributed by atoms with Gasteiger partial charge in [-0.3, -0.25) is 4.79 Å². The van der Waals surface area contributed by atoms with Crippen molar-refractivity contribution in [3.05, 3.63) is 29.8 Å². The zero-order valence-electron chi connectivity index (χ0n) is 10.2. The number of hydrogen-bond acceptors (Lipinski definition) is 1. The van der Waals surface area contributed by atoms with Crippen LogP contribution in [0.4, 0.5) is 5.69 Å². The molecule has 0 aromatic heterocycles. The lowest BCUT2D eigenvalue weighted by Gasteiger charge is -2.09. The smallest absolute Gasteiger partial charge is 0.227 e. The number of amides is 1. The van der Waals surface area contributed by atoms with Crippen LogP contribution < -0.4 is 5.32 Å². The number of rotatable bonds is 3. The van der Waals surface area contributed by atoms with Crippen LogP contribution in [0.1, 0.15) is 38.7 Å². The molecule has 16 heavy (non-hydrogen) atoms. The summed E-state index contributed by atoms with van der Waals surface area (Å²) in [5.41, 5.74) is 2.19. The fourth-order valence-electron chi connectivity index (χ4n) is 1.90. The fraction of sp³-hybridized carbons (Fsp3) is 0.500. The van der Waals surface area contributed by atoms with Crippen LogP contribution in [0.3, 0.4) is 0 Å². The van der Waals surface area contributed by atoms with Gasteiger partial charge in [-0.2, -0.15) is 0 Å². The SMILES string of the molecule is CC(C)c1cccc(NC(=O)C2CC2C)c1. The maximum atomic E-state index is 11.8. The molecule has 0 radical (unpaired) electrons. The van der Waals surface area contributed by atoms with Crippen molar-refractivity contribution in [1.29, 1.82) is 0 Å². The first kappa shape index (κ1) is 11.2. The Morgan fingerprint density at radius 2 is 2.12 bits per heavy atom. The van der Waals surface area contributed by atoms with E-state index in [9.17, 15) is 4.79 Å². The highest BCUT2D eigenvalue weighted by molar-refractivity contribution is 5.94. The van der Waals surface area contributed by atoms with E-state index in [1.165, 1.54) is 5.56 Å². The summed E-state index contributed by atoms with van der Waals surface area (Å²) in [7, 11) is 0. The average molecular weight is 217 g/mol. The molecular formula is C14H19NO. The molecule has 1 amide bonds. The molecule has 1 fully saturated rings. The van der Waals surface area contributed by atoms with Crippen molar-refractivity contribution in [2.45, 2.75) is 33.1 Å². The Hall–Kier alpha value is -1.31. The lowest BCUT2D eigenvalue weighted by Crippen LogP contribution is -2.14. The Kier molecular flexibility index (Phi) is 2.99. The minimum absolute atomic E-state index is 0.174. The second kappa shape index (κ2) is 4.28. The monoisotopic (exact) mass is 217 g/mol. The topological polar surface area (TPSA) is 29.1 Å². The molecule has 1 aliphatic rings. The molecule has 2 heteroatoms. The maximum Gasteiger partial charge on any atom is 0.227 e. The van der Waals surface area contributed by atoms with Crippen LogP contribution >= 0.6 is 0 Å². The summed E-state index contributed by atoms with van der Waals surface area (Å²) in [4.78, 5) is 11.8. The summed E-state index contributed by atoms with van der Waals surface area (Å²) in [5, 5.41) is 2.99. The molecule has 1 saturated carbocycles. The summed E-state index contributed by atoms with van der Waals surface area (Å²) >= 11 is 0. The van der Waals surface area contributed by atoms with Crippen LogP contribution in [0.2, 0.25) is 0 Å². The van der Waals surface area contributed by atoms with E-state index in [0.717, 1.165) is 12.1 Å². The van der Waals surface area contributed by atoms with Crippen molar-refractivity contribution >= 4 is 11.6 Å². The van der Waals surface area contributed by atoms with Crippen molar-refractivity contribution in [1.82, 2.24) is 0 Å². The molecule has 0 aliphatic heterocycles. The molecule has 0 heterocycles. The van der Waals surface area contributed by atoms with Gasteiger partial charge in [0.25, 0.3) is 0 Å². The Morgan fingerprint density at radius 1 is 1.44 bits per heavy atom. The number of carbonyl (C=O) groups is 1. The number of hydrogen-bond donors (Lipinski definition) is 1. The van der Waals surface area contributed by atoms with Gasteiger partial charge >= 0.3 is 0 Å². The highest BCUT2D eigenvalue weighted by Gasteiger charge is 2.38. The molecule has 0 spiro atoms. The third kappa shape index (κ3) is 2.43. The van der Waals surface area contributed by atoms with E-state index in [-0.39, 0.29) is 11.8 Å². The van der Waals surface area contributed by atoms with Crippen LogP contribution in [0, 0.1) is 11.8 Å². The van der Waals surface area contributed by atoms with Gasteiger partial charge in [-0.15, -0.1) is 0 Å². The third-order valence-electron chi connectivity index (χ3n) is 3.27. The molecule has 2 atom stereocenters.